The molecule has 2 heterocycles. The van der Waals surface area contributed by atoms with Crippen LogP contribution in [0.15, 0.2) is 60.8 Å². The highest BCUT2D eigenvalue weighted by atomic mass is 16.6. The van der Waals surface area contributed by atoms with Crippen LogP contribution in [0.3, 0.4) is 0 Å². The van der Waals surface area contributed by atoms with Crippen molar-refractivity contribution in [2.75, 3.05) is 28.6 Å². The van der Waals surface area contributed by atoms with Crippen LogP contribution in [-0.4, -0.2) is 34.1 Å². The van der Waals surface area contributed by atoms with Gasteiger partial charge in [-0.25, -0.2) is 0 Å². The van der Waals surface area contributed by atoms with E-state index >= 15 is 0 Å². The first-order valence-corrected chi connectivity index (χ1v) is 9.60. The molecule has 2 aromatic carbocycles. The number of nitro benzene ring substituents is 1. The van der Waals surface area contributed by atoms with Crippen molar-refractivity contribution >= 4 is 34.5 Å². The Labute approximate surface area is 172 Å². The quantitative estimate of drug-likeness (QED) is 0.472. The van der Waals surface area contributed by atoms with Crippen LogP contribution in [0.25, 0.3) is 0 Å². The van der Waals surface area contributed by atoms with Crippen molar-refractivity contribution in [2.24, 2.45) is 0 Å². The van der Waals surface area contributed by atoms with Gasteiger partial charge in [0.05, 0.1) is 16.8 Å². The van der Waals surface area contributed by atoms with Gasteiger partial charge in [-0.2, -0.15) is 5.10 Å². The Balaban J connectivity index is 1.43. The minimum atomic E-state index is -0.570. The van der Waals surface area contributed by atoms with Crippen molar-refractivity contribution in [1.82, 2.24) is 10.2 Å². The first-order valence-electron chi connectivity index (χ1n) is 9.60. The van der Waals surface area contributed by atoms with E-state index in [0.29, 0.717) is 11.5 Å². The van der Waals surface area contributed by atoms with Crippen LogP contribution in [0.2, 0.25) is 0 Å². The smallest absolute Gasteiger partial charge is 0.282 e. The van der Waals surface area contributed by atoms with E-state index in [-0.39, 0.29) is 11.3 Å². The third-order valence-corrected chi connectivity index (χ3v) is 4.87. The number of nitro groups is 1. The molecule has 0 radical (unpaired) electrons. The molecular weight excluding hydrogens is 384 g/mol. The zero-order valence-electron chi connectivity index (χ0n) is 16.1. The number of nitrogens with zero attached hydrogens (tertiary/aromatic N) is 4. The van der Waals surface area contributed by atoms with Gasteiger partial charge in [0.2, 0.25) is 0 Å². The number of hydrogen-bond acceptors (Lipinski definition) is 7. The number of hydrogen-bond donors (Lipinski definition) is 2. The third-order valence-electron chi connectivity index (χ3n) is 4.87. The molecule has 30 heavy (non-hydrogen) atoms. The summed E-state index contributed by atoms with van der Waals surface area (Å²) in [6.45, 7) is 2.05. The summed E-state index contributed by atoms with van der Waals surface area (Å²) < 4.78 is 0. The molecule has 1 aliphatic heterocycles. The average Bonchev–Trinajstić information content (AvgIpc) is 3.30. The van der Waals surface area contributed by atoms with Crippen molar-refractivity contribution in [1.29, 1.82) is 0 Å². The van der Waals surface area contributed by atoms with E-state index < -0.39 is 10.8 Å². The molecule has 9 nitrogen and oxygen atoms in total. The SMILES string of the molecule is O=C(Nc1ccc(Nc2cc(N3CCCC3)cnn2)cc1)c1ccccc1[N+](=O)[O-]. The highest BCUT2D eigenvalue weighted by molar-refractivity contribution is 6.07. The number of rotatable bonds is 6. The predicted octanol–water partition coefficient (Wildman–Crippen LogP) is 3.98. The van der Waals surface area contributed by atoms with Gasteiger partial charge in [-0.3, -0.25) is 14.9 Å². The average molecular weight is 404 g/mol. The van der Waals surface area contributed by atoms with Gasteiger partial charge in [-0.15, -0.1) is 5.10 Å². The van der Waals surface area contributed by atoms with Crippen LogP contribution in [0.5, 0.6) is 0 Å². The normalized spacial score (nSPS) is 13.1. The molecule has 0 unspecified atom stereocenters. The highest BCUT2D eigenvalue weighted by Crippen LogP contribution is 2.24. The number of nitrogens with one attached hydrogen (secondary N) is 2. The van der Waals surface area contributed by atoms with Gasteiger partial charge in [0.1, 0.15) is 5.56 Å². The molecule has 1 aliphatic rings. The Kier molecular flexibility index (Phi) is 5.51. The van der Waals surface area contributed by atoms with Crippen LogP contribution in [0.4, 0.5) is 28.6 Å². The Bertz CT molecular complexity index is 1060. The largest absolute Gasteiger partial charge is 0.370 e. The molecule has 0 atom stereocenters. The first-order chi connectivity index (χ1) is 14.6. The second-order valence-corrected chi connectivity index (χ2v) is 6.92. The predicted molar refractivity (Wildman–Crippen MR) is 114 cm³/mol. The molecule has 0 saturated carbocycles. The Morgan fingerprint density at radius 2 is 1.73 bits per heavy atom. The van der Waals surface area contributed by atoms with Crippen molar-refractivity contribution < 1.29 is 9.72 Å². The van der Waals surface area contributed by atoms with Gasteiger partial charge in [-0.05, 0) is 43.2 Å². The number of carbonyl (C=O) groups is 1. The van der Waals surface area contributed by atoms with Crippen molar-refractivity contribution in [2.45, 2.75) is 12.8 Å². The lowest BCUT2D eigenvalue weighted by Crippen LogP contribution is -2.18. The monoisotopic (exact) mass is 404 g/mol. The van der Waals surface area contributed by atoms with E-state index in [4.69, 9.17) is 0 Å². The van der Waals surface area contributed by atoms with E-state index in [9.17, 15) is 14.9 Å². The van der Waals surface area contributed by atoms with E-state index in [1.165, 1.54) is 31.0 Å². The number of aromatic nitrogens is 2. The standard InChI is InChI=1S/C21H20N6O3/c28-21(18-5-1-2-6-19(18)27(29)30)24-16-9-7-15(8-10-16)23-20-13-17(14-22-25-20)26-11-3-4-12-26/h1-2,5-10,13-14H,3-4,11-12H2,(H,23,25)(H,24,28). The van der Waals surface area contributed by atoms with Gasteiger partial charge < -0.3 is 15.5 Å². The van der Waals surface area contributed by atoms with Gasteiger partial charge >= 0.3 is 0 Å². The zero-order chi connectivity index (χ0) is 20.9. The topological polar surface area (TPSA) is 113 Å². The van der Waals surface area contributed by atoms with Crippen LogP contribution in [-0.2, 0) is 0 Å². The summed E-state index contributed by atoms with van der Waals surface area (Å²) in [5.41, 5.74) is 2.13. The summed E-state index contributed by atoms with van der Waals surface area (Å²) in [5.74, 6) is 0.100. The molecule has 4 rings (SSSR count). The summed E-state index contributed by atoms with van der Waals surface area (Å²) in [6.07, 6.45) is 4.13. The third kappa shape index (κ3) is 4.35. The Morgan fingerprint density at radius 3 is 2.47 bits per heavy atom. The number of para-hydroxylation sites is 1. The molecule has 1 fully saturated rings. The number of anilines is 4. The van der Waals surface area contributed by atoms with Gasteiger partial charge in [-0.1, -0.05) is 12.1 Å². The molecular formula is C21H20N6O3. The van der Waals surface area contributed by atoms with Crippen molar-refractivity contribution in [3.8, 4) is 0 Å². The van der Waals surface area contributed by atoms with E-state index in [2.05, 4.69) is 25.7 Å². The molecule has 0 aliphatic carbocycles. The van der Waals surface area contributed by atoms with E-state index in [0.717, 1.165) is 24.5 Å². The highest BCUT2D eigenvalue weighted by Gasteiger charge is 2.19. The van der Waals surface area contributed by atoms with E-state index in [1.807, 2.05) is 6.07 Å². The van der Waals surface area contributed by atoms with Crippen molar-refractivity contribution in [3.63, 3.8) is 0 Å². The molecule has 9 heteroatoms. The lowest BCUT2D eigenvalue weighted by atomic mass is 10.1. The molecule has 0 spiro atoms. The molecule has 0 bridgehead atoms. The number of carbonyl (C=O) groups excluding carboxylic acids is 1. The number of amides is 1. The molecule has 1 amide bonds. The molecule has 3 aromatic rings. The second kappa shape index (κ2) is 8.56. The Hall–Kier alpha value is -4.01. The maximum atomic E-state index is 12.4. The fraction of sp³-hybridized carbons (Fsp3) is 0.190. The maximum absolute atomic E-state index is 12.4. The maximum Gasteiger partial charge on any atom is 0.282 e. The lowest BCUT2D eigenvalue weighted by molar-refractivity contribution is -0.385. The summed E-state index contributed by atoms with van der Waals surface area (Å²) in [6, 6.07) is 14.8. The lowest BCUT2D eigenvalue weighted by Gasteiger charge is -2.17. The Morgan fingerprint density at radius 1 is 1.03 bits per heavy atom. The summed E-state index contributed by atoms with van der Waals surface area (Å²) in [4.78, 5) is 25.2. The van der Waals surface area contributed by atoms with Gasteiger partial charge in [0, 0.05) is 36.6 Å². The zero-order valence-corrected chi connectivity index (χ0v) is 16.1. The molecule has 152 valence electrons. The first kappa shape index (κ1) is 19.3. The van der Waals surface area contributed by atoms with Crippen LogP contribution >= 0.6 is 0 Å². The summed E-state index contributed by atoms with van der Waals surface area (Å²) in [5, 5.41) is 25.2. The second-order valence-electron chi connectivity index (χ2n) is 6.92. The minimum Gasteiger partial charge on any atom is -0.370 e. The summed E-state index contributed by atoms with van der Waals surface area (Å²) in [7, 11) is 0. The fourth-order valence-corrected chi connectivity index (χ4v) is 3.37. The molecule has 1 aromatic heterocycles. The minimum absolute atomic E-state index is 0.0127. The molecule has 2 N–H and O–H groups in total. The van der Waals surface area contributed by atoms with Crippen LogP contribution < -0.4 is 15.5 Å². The van der Waals surface area contributed by atoms with Crippen LogP contribution in [0.1, 0.15) is 23.2 Å². The van der Waals surface area contributed by atoms with Gasteiger partial charge in [0.15, 0.2) is 5.82 Å². The van der Waals surface area contributed by atoms with Gasteiger partial charge in [0.25, 0.3) is 11.6 Å². The number of benzene rings is 2. The van der Waals surface area contributed by atoms with Crippen molar-refractivity contribution in [3.05, 3.63) is 76.5 Å². The summed E-state index contributed by atoms with van der Waals surface area (Å²) >= 11 is 0. The molecule has 1 saturated heterocycles. The van der Waals surface area contributed by atoms with Crippen LogP contribution in [0, 0.1) is 10.1 Å². The fourth-order valence-electron chi connectivity index (χ4n) is 3.37. The van der Waals surface area contributed by atoms with E-state index in [1.54, 1.807) is 36.5 Å².